The summed E-state index contributed by atoms with van der Waals surface area (Å²) in [4.78, 5) is 13.3. The summed E-state index contributed by atoms with van der Waals surface area (Å²) in [6.07, 6.45) is 5.71. The number of carbonyl (C=O) groups is 1. The van der Waals surface area contributed by atoms with E-state index in [2.05, 4.69) is 6.92 Å². The molecule has 1 aliphatic carbocycles. The smallest absolute Gasteiger partial charge is 0.185 e. The third-order valence-electron chi connectivity index (χ3n) is 4.94. The summed E-state index contributed by atoms with van der Waals surface area (Å²) in [5, 5.41) is 0. The fraction of sp³-hybridized carbons (Fsp3) is 0.370. The molecule has 0 aromatic heterocycles. The van der Waals surface area contributed by atoms with Crippen LogP contribution in [0.1, 0.15) is 58.6 Å². The van der Waals surface area contributed by atoms with Gasteiger partial charge in [0.05, 0.1) is 12.2 Å². The average Bonchev–Trinajstić information content (AvgIpc) is 2.67. The number of ketones is 1. The topological polar surface area (TPSA) is 35.5 Å². The first kappa shape index (κ1) is 21.9. The van der Waals surface area contributed by atoms with Gasteiger partial charge in [-0.3, -0.25) is 4.79 Å². The van der Waals surface area contributed by atoms with Crippen LogP contribution in [-0.4, -0.2) is 18.0 Å². The Bertz CT molecular complexity index is 875. The predicted molar refractivity (Wildman–Crippen MR) is 124 cm³/mol. The van der Waals surface area contributed by atoms with E-state index in [0.29, 0.717) is 5.92 Å². The number of para-hydroxylation sites is 2. The van der Waals surface area contributed by atoms with Crippen molar-refractivity contribution in [3.63, 3.8) is 0 Å². The van der Waals surface area contributed by atoms with Crippen LogP contribution < -0.4 is 9.47 Å². The Morgan fingerprint density at radius 1 is 0.767 bits per heavy atom. The van der Waals surface area contributed by atoms with Gasteiger partial charge >= 0.3 is 0 Å². The minimum absolute atomic E-state index is 0.0819. The first-order valence-electron chi connectivity index (χ1n) is 10.8. The summed E-state index contributed by atoms with van der Waals surface area (Å²) in [6.45, 7) is 10.2. The molecule has 1 saturated carbocycles. The fourth-order valence-corrected chi connectivity index (χ4v) is 3.76. The number of ether oxygens (including phenoxy) is 2. The molecule has 30 heavy (non-hydrogen) atoms. The number of hydrogen-bond donors (Lipinski definition) is 0. The molecule has 1 fully saturated rings. The maximum Gasteiger partial charge on any atom is 0.185 e. The van der Waals surface area contributed by atoms with Crippen molar-refractivity contribution < 1.29 is 14.3 Å². The maximum atomic E-state index is 13.3. The summed E-state index contributed by atoms with van der Waals surface area (Å²) in [7, 11) is 0. The normalized spacial score (nSPS) is 19.7. The van der Waals surface area contributed by atoms with E-state index < -0.39 is 0 Å². The molecule has 0 spiro atoms. The van der Waals surface area contributed by atoms with Crippen LogP contribution >= 0.6 is 0 Å². The number of benzene rings is 2. The van der Waals surface area contributed by atoms with Crippen molar-refractivity contribution in [3.8, 4) is 11.5 Å². The third-order valence-corrected chi connectivity index (χ3v) is 4.94. The molecule has 0 saturated heterocycles. The van der Waals surface area contributed by atoms with Crippen molar-refractivity contribution in [2.24, 2.45) is 5.92 Å². The van der Waals surface area contributed by atoms with Crippen LogP contribution in [0.15, 0.2) is 59.7 Å². The lowest BCUT2D eigenvalue weighted by atomic mass is 9.80. The fourth-order valence-electron chi connectivity index (χ4n) is 3.76. The molecule has 3 nitrogen and oxygen atoms in total. The van der Waals surface area contributed by atoms with Crippen LogP contribution in [0.2, 0.25) is 0 Å². The molecule has 158 valence electrons. The lowest BCUT2D eigenvalue weighted by molar-refractivity contribution is -0.113. The summed E-state index contributed by atoms with van der Waals surface area (Å²) in [6, 6.07) is 15.8. The van der Waals surface area contributed by atoms with Crippen molar-refractivity contribution in [1.29, 1.82) is 0 Å². The molecule has 1 aliphatic rings. The van der Waals surface area contributed by atoms with Crippen molar-refractivity contribution in [2.75, 3.05) is 0 Å². The summed E-state index contributed by atoms with van der Waals surface area (Å²) in [5.41, 5.74) is 3.57. The first-order chi connectivity index (χ1) is 14.3. The highest BCUT2D eigenvalue weighted by atomic mass is 16.5. The Morgan fingerprint density at radius 3 is 1.57 bits per heavy atom. The molecule has 0 amide bonds. The van der Waals surface area contributed by atoms with Gasteiger partial charge in [-0.1, -0.05) is 43.3 Å². The molecule has 0 N–H and O–H groups in total. The molecule has 2 aromatic carbocycles. The van der Waals surface area contributed by atoms with E-state index in [0.717, 1.165) is 46.6 Å². The van der Waals surface area contributed by atoms with Gasteiger partial charge in [0, 0.05) is 22.3 Å². The van der Waals surface area contributed by atoms with Crippen molar-refractivity contribution in [2.45, 2.75) is 59.7 Å². The zero-order chi connectivity index (χ0) is 21.7. The number of hydrogen-bond acceptors (Lipinski definition) is 3. The summed E-state index contributed by atoms with van der Waals surface area (Å²) < 4.78 is 11.9. The van der Waals surface area contributed by atoms with E-state index in [-0.39, 0.29) is 18.0 Å². The lowest BCUT2D eigenvalue weighted by Gasteiger charge is -2.23. The van der Waals surface area contributed by atoms with Gasteiger partial charge in [0.25, 0.3) is 0 Å². The van der Waals surface area contributed by atoms with E-state index in [4.69, 9.17) is 9.47 Å². The Hall–Kier alpha value is -2.81. The van der Waals surface area contributed by atoms with Gasteiger partial charge in [0.2, 0.25) is 0 Å². The van der Waals surface area contributed by atoms with Crippen LogP contribution in [-0.2, 0) is 4.79 Å². The van der Waals surface area contributed by atoms with E-state index in [1.807, 2.05) is 88.4 Å². The molecule has 3 rings (SSSR count). The van der Waals surface area contributed by atoms with Gasteiger partial charge in [-0.2, -0.15) is 0 Å². The molecule has 0 aliphatic heterocycles. The maximum absolute atomic E-state index is 13.3. The van der Waals surface area contributed by atoms with Crippen LogP contribution in [0.5, 0.6) is 11.5 Å². The largest absolute Gasteiger partial charge is 0.490 e. The lowest BCUT2D eigenvalue weighted by Crippen LogP contribution is -2.18. The zero-order valence-corrected chi connectivity index (χ0v) is 18.6. The SMILES string of the molecule is CC1C/C(=C/c2ccccc2OC(C)C)C(=O)/C(=C\c2ccccc2OC(C)C)C1. The van der Waals surface area contributed by atoms with Crippen LogP contribution in [0.4, 0.5) is 0 Å². The van der Waals surface area contributed by atoms with Crippen molar-refractivity contribution in [1.82, 2.24) is 0 Å². The minimum atomic E-state index is 0.0819. The summed E-state index contributed by atoms with van der Waals surface area (Å²) in [5.74, 6) is 2.14. The minimum Gasteiger partial charge on any atom is -0.490 e. The van der Waals surface area contributed by atoms with E-state index in [9.17, 15) is 4.79 Å². The third kappa shape index (κ3) is 5.63. The Balaban J connectivity index is 1.95. The van der Waals surface area contributed by atoms with Gasteiger partial charge in [-0.05, 0) is 70.7 Å². The predicted octanol–water partition coefficient (Wildman–Crippen LogP) is 6.73. The number of rotatable bonds is 6. The second kappa shape index (κ2) is 9.80. The van der Waals surface area contributed by atoms with Gasteiger partial charge in [0.1, 0.15) is 11.5 Å². The average molecular weight is 405 g/mol. The number of carbonyl (C=O) groups excluding carboxylic acids is 1. The standard InChI is InChI=1S/C27H32O3/c1-18(2)29-25-12-8-6-10-21(25)16-23-14-20(5)15-24(27(23)28)17-22-11-7-9-13-26(22)30-19(3)4/h6-13,16-20H,14-15H2,1-5H3/b23-16-,24-17-. The second-order valence-corrected chi connectivity index (χ2v) is 8.59. The Labute approximate surface area is 180 Å². The quantitative estimate of drug-likeness (QED) is 0.501. The van der Waals surface area contributed by atoms with E-state index >= 15 is 0 Å². The highest BCUT2D eigenvalue weighted by molar-refractivity contribution is 6.14. The Kier molecular flexibility index (Phi) is 7.15. The van der Waals surface area contributed by atoms with E-state index in [1.165, 1.54) is 0 Å². The van der Waals surface area contributed by atoms with Crippen LogP contribution in [0.3, 0.4) is 0 Å². The van der Waals surface area contributed by atoms with Gasteiger partial charge in [-0.25, -0.2) is 0 Å². The summed E-state index contributed by atoms with van der Waals surface area (Å²) >= 11 is 0. The highest BCUT2D eigenvalue weighted by Crippen LogP contribution is 2.34. The molecular weight excluding hydrogens is 372 g/mol. The van der Waals surface area contributed by atoms with Gasteiger partial charge < -0.3 is 9.47 Å². The van der Waals surface area contributed by atoms with Gasteiger partial charge in [0.15, 0.2) is 5.78 Å². The van der Waals surface area contributed by atoms with Crippen molar-refractivity contribution in [3.05, 3.63) is 70.8 Å². The molecule has 0 unspecified atom stereocenters. The Morgan fingerprint density at radius 2 is 1.17 bits per heavy atom. The molecule has 3 heteroatoms. The second-order valence-electron chi connectivity index (χ2n) is 8.59. The van der Waals surface area contributed by atoms with Crippen LogP contribution in [0, 0.1) is 5.92 Å². The monoisotopic (exact) mass is 404 g/mol. The highest BCUT2D eigenvalue weighted by Gasteiger charge is 2.26. The van der Waals surface area contributed by atoms with E-state index in [1.54, 1.807) is 0 Å². The van der Waals surface area contributed by atoms with Crippen molar-refractivity contribution >= 4 is 17.9 Å². The molecule has 0 radical (unpaired) electrons. The molecular formula is C27H32O3. The number of allylic oxidation sites excluding steroid dienone is 2. The molecule has 0 atom stereocenters. The zero-order valence-electron chi connectivity index (χ0n) is 18.6. The number of Topliss-reactive ketones (excluding diaryl/α,β-unsaturated/α-hetero) is 1. The molecule has 0 heterocycles. The molecule has 2 aromatic rings. The first-order valence-corrected chi connectivity index (χ1v) is 10.8. The van der Waals surface area contributed by atoms with Gasteiger partial charge in [-0.15, -0.1) is 0 Å². The van der Waals surface area contributed by atoms with Crippen LogP contribution in [0.25, 0.3) is 12.2 Å². The molecule has 0 bridgehead atoms.